The SMILES string of the molecule is Cc1sc2nc(COCC3CCNCC3)[nH]c(=O)c2c1C. The van der Waals surface area contributed by atoms with Gasteiger partial charge in [-0.2, -0.15) is 0 Å². The van der Waals surface area contributed by atoms with Gasteiger partial charge in [-0.15, -0.1) is 11.3 Å². The van der Waals surface area contributed by atoms with Crippen LogP contribution in [0, 0.1) is 19.8 Å². The fourth-order valence-electron chi connectivity index (χ4n) is 2.74. The summed E-state index contributed by atoms with van der Waals surface area (Å²) in [4.78, 5) is 21.5. The lowest BCUT2D eigenvalue weighted by Crippen LogP contribution is -2.30. The molecule has 0 aromatic carbocycles. The summed E-state index contributed by atoms with van der Waals surface area (Å²) in [6.07, 6.45) is 2.32. The maximum atomic E-state index is 12.1. The van der Waals surface area contributed by atoms with Crippen molar-refractivity contribution in [3.8, 4) is 0 Å². The molecule has 6 heteroatoms. The van der Waals surface area contributed by atoms with Crippen LogP contribution in [0.3, 0.4) is 0 Å². The van der Waals surface area contributed by atoms with Gasteiger partial charge in [0.2, 0.25) is 0 Å². The number of aromatic nitrogens is 2. The highest BCUT2D eigenvalue weighted by molar-refractivity contribution is 7.18. The van der Waals surface area contributed by atoms with E-state index < -0.39 is 0 Å². The Balaban J connectivity index is 1.68. The molecule has 0 unspecified atom stereocenters. The Bertz CT molecular complexity index is 686. The molecule has 2 aromatic rings. The summed E-state index contributed by atoms with van der Waals surface area (Å²) in [5.41, 5.74) is 0.980. The molecule has 1 fully saturated rings. The van der Waals surface area contributed by atoms with E-state index in [-0.39, 0.29) is 5.56 Å². The fraction of sp³-hybridized carbons (Fsp3) is 0.600. The normalized spacial score (nSPS) is 16.7. The van der Waals surface area contributed by atoms with Gasteiger partial charge >= 0.3 is 0 Å². The van der Waals surface area contributed by atoms with Crippen molar-refractivity contribution in [3.63, 3.8) is 0 Å². The number of hydrogen-bond donors (Lipinski definition) is 2. The van der Waals surface area contributed by atoms with Gasteiger partial charge < -0.3 is 15.0 Å². The third-order valence-corrected chi connectivity index (χ3v) is 5.24. The van der Waals surface area contributed by atoms with Gasteiger partial charge in [0, 0.05) is 4.88 Å². The molecule has 3 rings (SSSR count). The van der Waals surface area contributed by atoms with E-state index in [1.165, 1.54) is 0 Å². The van der Waals surface area contributed by atoms with Crippen LogP contribution >= 0.6 is 11.3 Å². The largest absolute Gasteiger partial charge is 0.373 e. The van der Waals surface area contributed by atoms with Crippen molar-refractivity contribution >= 4 is 21.6 Å². The van der Waals surface area contributed by atoms with Crippen LogP contribution in [0.1, 0.15) is 29.1 Å². The van der Waals surface area contributed by atoms with Crippen LogP contribution in [0.4, 0.5) is 0 Å². The van der Waals surface area contributed by atoms with Crippen molar-refractivity contribution < 1.29 is 4.74 Å². The molecule has 1 saturated heterocycles. The molecule has 0 aliphatic carbocycles. The molecule has 0 bridgehead atoms. The van der Waals surface area contributed by atoms with Crippen LogP contribution in [-0.4, -0.2) is 29.7 Å². The second-order valence-electron chi connectivity index (χ2n) is 5.68. The predicted octanol–water partition coefficient (Wildman–Crippen LogP) is 2.12. The van der Waals surface area contributed by atoms with Gasteiger partial charge in [-0.3, -0.25) is 4.79 Å². The second kappa shape index (κ2) is 6.25. The number of H-pyrrole nitrogens is 1. The van der Waals surface area contributed by atoms with Gasteiger partial charge in [0.25, 0.3) is 5.56 Å². The third kappa shape index (κ3) is 3.17. The number of piperidine rings is 1. The zero-order valence-electron chi connectivity index (χ0n) is 12.5. The minimum absolute atomic E-state index is 0.0534. The Morgan fingerprint density at radius 3 is 2.86 bits per heavy atom. The third-order valence-electron chi connectivity index (χ3n) is 4.14. The number of aryl methyl sites for hydroxylation is 2. The standard InChI is InChI=1S/C15H21N3O2S/c1-9-10(2)21-15-13(9)14(19)17-12(18-15)8-20-7-11-3-5-16-6-4-11/h11,16H,3-8H2,1-2H3,(H,17,18,19). The molecule has 2 N–H and O–H groups in total. The first-order valence-corrected chi connectivity index (χ1v) is 8.24. The Hall–Kier alpha value is -1.24. The average Bonchev–Trinajstić information content (AvgIpc) is 2.75. The summed E-state index contributed by atoms with van der Waals surface area (Å²) in [5.74, 6) is 1.25. The number of ether oxygens (including phenoxy) is 1. The molecular weight excluding hydrogens is 286 g/mol. The molecule has 3 heterocycles. The van der Waals surface area contributed by atoms with Gasteiger partial charge in [0.15, 0.2) is 0 Å². The van der Waals surface area contributed by atoms with E-state index in [4.69, 9.17) is 4.74 Å². The van der Waals surface area contributed by atoms with Gasteiger partial charge in [-0.25, -0.2) is 4.98 Å². The first-order chi connectivity index (χ1) is 10.1. The van der Waals surface area contributed by atoms with Crippen molar-refractivity contribution in [2.24, 2.45) is 5.92 Å². The second-order valence-corrected chi connectivity index (χ2v) is 6.89. The van der Waals surface area contributed by atoms with Crippen LogP contribution < -0.4 is 10.9 Å². The van der Waals surface area contributed by atoms with E-state index in [1.807, 2.05) is 13.8 Å². The van der Waals surface area contributed by atoms with Gasteiger partial charge in [0.05, 0.1) is 12.0 Å². The van der Waals surface area contributed by atoms with Crippen molar-refractivity contribution in [1.29, 1.82) is 0 Å². The van der Waals surface area contributed by atoms with Crippen molar-refractivity contribution in [2.45, 2.75) is 33.3 Å². The predicted molar refractivity (Wildman–Crippen MR) is 85.0 cm³/mol. The quantitative estimate of drug-likeness (QED) is 0.908. The summed E-state index contributed by atoms with van der Waals surface area (Å²) in [6.45, 7) is 7.26. The number of aromatic amines is 1. The van der Waals surface area contributed by atoms with Gasteiger partial charge in [0.1, 0.15) is 17.3 Å². The Morgan fingerprint density at radius 2 is 2.10 bits per heavy atom. The summed E-state index contributed by atoms with van der Waals surface area (Å²) >= 11 is 1.57. The lowest BCUT2D eigenvalue weighted by Gasteiger charge is -2.22. The summed E-state index contributed by atoms with van der Waals surface area (Å²) in [6, 6.07) is 0. The molecule has 1 aliphatic rings. The summed E-state index contributed by atoms with van der Waals surface area (Å²) < 4.78 is 5.74. The number of rotatable bonds is 4. The van der Waals surface area contributed by atoms with E-state index in [9.17, 15) is 4.79 Å². The van der Waals surface area contributed by atoms with Crippen molar-refractivity contribution in [2.75, 3.05) is 19.7 Å². The Labute approximate surface area is 127 Å². The number of nitrogens with one attached hydrogen (secondary N) is 2. The highest BCUT2D eigenvalue weighted by Gasteiger charge is 2.14. The number of thiophene rings is 1. The average molecular weight is 307 g/mol. The van der Waals surface area contributed by atoms with E-state index in [0.29, 0.717) is 18.3 Å². The van der Waals surface area contributed by atoms with E-state index in [0.717, 1.165) is 53.2 Å². The Morgan fingerprint density at radius 1 is 1.33 bits per heavy atom. The minimum atomic E-state index is -0.0534. The smallest absolute Gasteiger partial charge is 0.259 e. The van der Waals surface area contributed by atoms with Crippen LogP contribution in [0.2, 0.25) is 0 Å². The monoisotopic (exact) mass is 307 g/mol. The summed E-state index contributed by atoms with van der Waals surface area (Å²) in [7, 11) is 0. The topological polar surface area (TPSA) is 67.0 Å². The highest BCUT2D eigenvalue weighted by atomic mass is 32.1. The van der Waals surface area contributed by atoms with Gasteiger partial charge in [-0.05, 0) is 51.3 Å². The maximum Gasteiger partial charge on any atom is 0.259 e. The molecule has 21 heavy (non-hydrogen) atoms. The van der Waals surface area contributed by atoms with Crippen LogP contribution in [0.25, 0.3) is 10.2 Å². The number of nitrogens with zero attached hydrogens (tertiary/aromatic N) is 1. The Kier molecular flexibility index (Phi) is 4.37. The van der Waals surface area contributed by atoms with Gasteiger partial charge in [-0.1, -0.05) is 0 Å². The molecule has 0 atom stereocenters. The molecule has 2 aromatic heterocycles. The highest BCUT2D eigenvalue weighted by Crippen LogP contribution is 2.25. The first kappa shape index (κ1) is 14.7. The van der Waals surface area contributed by atoms with Crippen LogP contribution in [0.5, 0.6) is 0 Å². The summed E-state index contributed by atoms with van der Waals surface area (Å²) in [5, 5.41) is 4.07. The van der Waals surface area contributed by atoms with Crippen molar-refractivity contribution in [1.82, 2.24) is 15.3 Å². The fourth-order valence-corrected chi connectivity index (χ4v) is 3.79. The van der Waals surface area contributed by atoms with Crippen molar-refractivity contribution in [3.05, 3.63) is 26.6 Å². The van der Waals surface area contributed by atoms with E-state index in [1.54, 1.807) is 11.3 Å². The molecule has 0 spiro atoms. The minimum Gasteiger partial charge on any atom is -0.373 e. The lowest BCUT2D eigenvalue weighted by molar-refractivity contribution is 0.0724. The molecule has 0 radical (unpaired) electrons. The molecule has 114 valence electrons. The number of hydrogen-bond acceptors (Lipinski definition) is 5. The molecule has 5 nitrogen and oxygen atoms in total. The maximum absolute atomic E-state index is 12.1. The molecular formula is C15H21N3O2S. The molecule has 0 saturated carbocycles. The molecule has 0 amide bonds. The zero-order valence-corrected chi connectivity index (χ0v) is 13.3. The molecule has 1 aliphatic heterocycles. The number of fused-ring (bicyclic) bond motifs is 1. The zero-order chi connectivity index (χ0) is 14.8. The van der Waals surface area contributed by atoms with Crippen LogP contribution in [-0.2, 0) is 11.3 Å². The van der Waals surface area contributed by atoms with E-state index in [2.05, 4.69) is 15.3 Å². The van der Waals surface area contributed by atoms with Crippen LogP contribution in [0.15, 0.2) is 4.79 Å². The first-order valence-electron chi connectivity index (χ1n) is 7.42. The van der Waals surface area contributed by atoms with E-state index >= 15 is 0 Å². The lowest BCUT2D eigenvalue weighted by atomic mass is 9.99.